The molecule has 2 heterocycles. The van der Waals surface area contributed by atoms with Crippen molar-refractivity contribution in [3.8, 4) is 24.2 Å². The smallest absolute Gasteiger partial charge is 0.333 e. The predicted octanol–water partition coefficient (Wildman–Crippen LogP) is 19.2. The summed E-state index contributed by atoms with van der Waals surface area (Å²) >= 11 is 14.9. The van der Waals surface area contributed by atoms with E-state index in [-0.39, 0.29) is 95.1 Å². The van der Waals surface area contributed by atoms with Crippen molar-refractivity contribution < 1.29 is 47.1 Å². The third-order valence-corrected chi connectivity index (χ3v) is 30.2. The monoisotopic (exact) mass is 1700 g/mol. The Morgan fingerprint density at radius 3 is 1.31 bits per heavy atom. The van der Waals surface area contributed by atoms with Crippen molar-refractivity contribution in [2.75, 3.05) is 0 Å². The first-order chi connectivity index (χ1) is 52.1. The fourth-order valence-electron chi connectivity index (χ4n) is 13.3. The zero-order valence-electron chi connectivity index (χ0n) is 69.5. The summed E-state index contributed by atoms with van der Waals surface area (Å²) < 4.78 is 26.8. The Kier molecular flexibility index (Phi) is 39.8. The van der Waals surface area contributed by atoms with E-state index in [0.29, 0.717) is 61.5 Å². The summed E-state index contributed by atoms with van der Waals surface area (Å²) in [6, 6.07) is 40.8. The van der Waals surface area contributed by atoms with Crippen molar-refractivity contribution in [3.63, 3.8) is 0 Å². The lowest BCUT2D eigenvalue weighted by molar-refractivity contribution is -0.148. The van der Waals surface area contributed by atoms with Crippen LogP contribution in [-0.2, 0) is 47.1 Å². The maximum atomic E-state index is 13.5. The van der Waals surface area contributed by atoms with Crippen LogP contribution in [0.25, 0.3) is 0 Å². The van der Waals surface area contributed by atoms with Gasteiger partial charge >= 0.3 is 11.9 Å². The van der Waals surface area contributed by atoms with Gasteiger partial charge < -0.3 is 34.3 Å². The van der Waals surface area contributed by atoms with Crippen LogP contribution in [0.3, 0.4) is 0 Å². The predicted molar refractivity (Wildman–Crippen MR) is 473 cm³/mol. The Labute approximate surface area is 691 Å². The van der Waals surface area contributed by atoms with Crippen LogP contribution < -0.4 is 36.7 Å². The maximum absolute atomic E-state index is 13.5. The Morgan fingerprint density at radius 1 is 0.568 bits per heavy atom. The summed E-state index contributed by atoms with van der Waals surface area (Å²) in [7, 11) is -5.61. The number of carbonyl (C=O) groups is 6. The number of terminal acetylenes is 1. The van der Waals surface area contributed by atoms with Crippen LogP contribution >= 0.6 is 45.8 Å². The third kappa shape index (κ3) is 31.5. The summed E-state index contributed by atoms with van der Waals surface area (Å²) in [5.41, 5.74) is 1.25. The van der Waals surface area contributed by atoms with E-state index < -0.39 is 39.5 Å². The molecule has 4 aromatic carbocycles. The van der Waals surface area contributed by atoms with Crippen LogP contribution in [0.4, 0.5) is 0 Å². The maximum Gasteiger partial charge on any atom is 0.333 e. The molecule has 6 rings (SSSR count). The lowest BCUT2D eigenvalue weighted by Crippen LogP contribution is -2.67. The van der Waals surface area contributed by atoms with Crippen LogP contribution in [0.2, 0.25) is 10.1 Å². The van der Waals surface area contributed by atoms with Crippen molar-refractivity contribution in [1.82, 2.24) is 16.0 Å². The first-order valence-electron chi connectivity index (χ1n) is 38.7. The second kappa shape index (κ2) is 46.1. The Bertz CT molecular complexity index is 3970. The first kappa shape index (κ1) is 96.0. The van der Waals surface area contributed by atoms with Gasteiger partial charge in [-0.15, -0.1) is 12.3 Å². The number of hydrogen-bond acceptors (Lipinski definition) is 10. The lowest BCUT2D eigenvalue weighted by atomic mass is 9.83. The molecule has 0 saturated heterocycles. The van der Waals surface area contributed by atoms with Gasteiger partial charge in [-0.25, -0.2) is 9.59 Å². The van der Waals surface area contributed by atoms with Gasteiger partial charge in [-0.2, -0.15) is 0 Å². The molecule has 4 aromatic rings. The van der Waals surface area contributed by atoms with Crippen LogP contribution in [0, 0.1) is 46.9 Å². The molecule has 0 saturated carbocycles. The number of Topliss-reactive ketones (excluding diaryl/α,β-unsaturated/α-hetero) is 1. The molecule has 18 heteroatoms. The average Bonchev–Trinajstić information content (AvgIpc) is 0.749. The zero-order valence-corrected chi connectivity index (χ0v) is 75.2. The number of carbonyl (C=O) groups excluding carboxylic acids is 6. The summed E-state index contributed by atoms with van der Waals surface area (Å²) in [6.07, 6.45) is 29.4. The molecule has 0 bridgehead atoms. The number of nitrogens with one attached hydrogen (secondary N) is 3. The van der Waals surface area contributed by atoms with Gasteiger partial charge in [-0.1, -0.05) is 308 Å². The van der Waals surface area contributed by atoms with E-state index >= 15 is 0 Å². The summed E-state index contributed by atoms with van der Waals surface area (Å²) in [4.78, 5) is 75.3. The van der Waals surface area contributed by atoms with E-state index in [1.54, 1.807) is 20.0 Å². The molecular formula is C93H124Cl2IN3O10Si2. The van der Waals surface area contributed by atoms with Crippen LogP contribution in [0.5, 0.6) is 0 Å². The van der Waals surface area contributed by atoms with Crippen LogP contribution in [0.15, 0.2) is 213 Å². The van der Waals surface area contributed by atoms with Crippen molar-refractivity contribution in [3.05, 3.63) is 213 Å². The van der Waals surface area contributed by atoms with Crippen molar-refractivity contribution in [2.45, 2.75) is 256 Å². The molecule has 3 N–H and O–H groups in total. The minimum Gasteiger partial charge on any atom is -0.458 e. The molecule has 0 unspecified atom stereocenters. The van der Waals surface area contributed by atoms with E-state index in [9.17, 15) is 28.8 Å². The number of ketones is 1. The van der Waals surface area contributed by atoms with E-state index in [1.165, 1.54) is 24.3 Å². The normalized spacial score (nSPS) is 17.2. The fourth-order valence-corrected chi connectivity index (χ4v) is 23.5. The van der Waals surface area contributed by atoms with Crippen molar-refractivity contribution in [2.24, 2.45) is 22.7 Å². The third-order valence-electron chi connectivity index (χ3n) is 19.3. The summed E-state index contributed by atoms with van der Waals surface area (Å²) in [5, 5.41) is 14.6. The molecule has 13 nitrogen and oxygen atoms in total. The summed E-state index contributed by atoms with van der Waals surface area (Å²) in [5.74, 6) is 7.71. The molecule has 2 aliphatic heterocycles. The van der Waals surface area contributed by atoms with E-state index in [2.05, 4.69) is 208 Å². The van der Waals surface area contributed by atoms with Gasteiger partial charge in [0.15, 0.2) is 5.78 Å². The number of amides is 3. The van der Waals surface area contributed by atoms with Gasteiger partial charge in [0.25, 0.3) is 16.6 Å². The van der Waals surface area contributed by atoms with Gasteiger partial charge in [0, 0.05) is 78.0 Å². The number of ether oxygens (including phenoxy) is 2. The zero-order chi connectivity index (χ0) is 82.9. The first-order valence-corrected chi connectivity index (χ1v) is 44.4. The van der Waals surface area contributed by atoms with Gasteiger partial charge in [0.1, 0.15) is 18.2 Å². The molecule has 0 aliphatic carbocycles. The highest BCUT2D eigenvalue weighted by Crippen LogP contribution is 2.40. The second-order valence-electron chi connectivity index (χ2n) is 33.1. The number of hydrogen-bond donors (Lipinski definition) is 3. The molecule has 600 valence electrons. The number of allylic oxidation sites excluding steroid dienone is 5. The molecule has 0 radical (unpaired) electrons. The van der Waals surface area contributed by atoms with Gasteiger partial charge in [0.05, 0.1) is 18.2 Å². The number of rotatable bonds is 31. The number of cyclic esters (lactones) is 2. The largest absolute Gasteiger partial charge is 0.458 e. The van der Waals surface area contributed by atoms with Gasteiger partial charge in [-0.3, -0.25) is 19.2 Å². The summed E-state index contributed by atoms with van der Waals surface area (Å²) in [6.45, 7) is 40.5. The second-order valence-corrected chi connectivity index (χ2v) is 44.5. The van der Waals surface area contributed by atoms with Gasteiger partial charge in [0.2, 0.25) is 17.7 Å². The molecule has 111 heavy (non-hydrogen) atoms. The number of esters is 2. The quantitative estimate of drug-likeness (QED) is 0.0145. The molecule has 3 amide bonds. The Hall–Kier alpha value is -7.40. The topological polar surface area (TPSA) is 175 Å². The minimum absolute atomic E-state index is 0.0101. The highest BCUT2D eigenvalue weighted by molar-refractivity contribution is 14.1. The Balaban J connectivity index is 0.000000407. The molecule has 8 atom stereocenters. The molecule has 0 spiro atoms. The fraction of sp³-hybridized carbons (Fsp3) is 0.462. The minimum atomic E-state index is -2.84. The van der Waals surface area contributed by atoms with Crippen molar-refractivity contribution in [1.29, 1.82) is 0 Å². The highest BCUT2D eigenvalue weighted by Gasteiger charge is 2.53. The standard InChI is InChI=1S/C46H61ClN2O5Si.C36H48ClNO3Si.C11H15IO2/c1-33(32-35(3)40-30-27-34(2)44(52)53-40)20-17-18-26-41(50)49-42(45(5,6)7)43(51)48-31-19-21-37(29-28-36(4)47)54-55(46(8,9)10,38-22-13-11-14-23-38)39-24-15-12-16-25-39;1-9-10-25-33(40)38-34(35(3,4)5)32(39)24-18-17-19-29(27-26-28(2)37)41-42(36(6,7)8,30-20-13-11-14-21-30)31-22-15-12-16-23-31;1-7-4-5-10(14-11(7)13)8(2)6-9(3)12/h11-16,19,22-25,27-28,31-32,35,37,40,42H,18,21,26,29-30H2,1-10H3,(H,48,51)(H,49,50);1,11-18,20-23,26,29,34H,10,19,24-25,27H2,2-8H3,(H,38,40);4,6,8,10H,5H2,1-3H3/b31-19-,33-32+,36-28+;18-17-,28-26+;9-6+/t35-,37+,40-,42+;29-,34-;8-,10-/m010/s1. The molecule has 0 fully saturated rings. The van der Waals surface area contributed by atoms with E-state index in [4.69, 9.17) is 48.0 Å². The van der Waals surface area contributed by atoms with Crippen LogP contribution in [-0.4, -0.2) is 88.6 Å². The molecule has 2 aliphatic rings. The van der Waals surface area contributed by atoms with E-state index in [0.717, 1.165) is 22.6 Å². The highest BCUT2D eigenvalue weighted by atomic mass is 127. The average molecular weight is 1700 g/mol. The van der Waals surface area contributed by atoms with Gasteiger partial charge in [-0.05, 0) is 147 Å². The SMILES string of the molecule is C#CCCC(=O)N[C@H](C(=O)C/C=C\C[C@H](C/C=C(\C)Cl)O[Si](c1ccccc1)(c1ccccc1)C(C)(C)C)C(C)(C)C.CC1=CC[C@@H]([C@@H](C)/C=C(\C)C#CCCC(=O)N[C@H](C(=O)N/C=C\C[C@H](C/C=C(\C)Cl)O[Si](c2ccccc2)(c2ccccc2)C(C)(C)C)C(C)(C)C)OC1=O.CC1=CC[C@@H]([C@@H](C)/C=C(\C)I)OC1=O. The molecule has 0 aromatic heterocycles. The lowest BCUT2D eigenvalue weighted by Gasteiger charge is -2.45. The van der Waals surface area contributed by atoms with Crippen molar-refractivity contribution >= 4 is 119 Å². The Morgan fingerprint density at radius 2 is 0.946 bits per heavy atom. The number of halogens is 3. The number of benzene rings is 4. The van der Waals surface area contributed by atoms with E-state index in [1.807, 2.05) is 149 Å². The van der Waals surface area contributed by atoms with Crippen LogP contribution in [0.1, 0.15) is 209 Å². The molecular weight excluding hydrogens is 1570 g/mol.